The molecule has 0 aliphatic heterocycles. The lowest BCUT2D eigenvalue weighted by molar-refractivity contribution is 0.194. The second-order valence-electron chi connectivity index (χ2n) is 4.47. The van der Waals surface area contributed by atoms with Crippen molar-refractivity contribution in [3.05, 3.63) is 0 Å². The van der Waals surface area contributed by atoms with Crippen molar-refractivity contribution < 1.29 is 5.11 Å². The fraction of sp³-hybridized carbons (Fsp3) is 0.909. The van der Waals surface area contributed by atoms with E-state index in [0.717, 1.165) is 19.3 Å². The Bertz CT molecular complexity index is 210. The lowest BCUT2D eigenvalue weighted by atomic mass is 10.0. The van der Waals surface area contributed by atoms with Crippen molar-refractivity contribution in [2.45, 2.75) is 45.2 Å². The Kier molecular flexibility index (Phi) is 4.37. The molecule has 0 aromatic rings. The van der Waals surface area contributed by atoms with Crippen LogP contribution in [0.5, 0.6) is 0 Å². The summed E-state index contributed by atoms with van der Waals surface area (Å²) < 4.78 is 0. The lowest BCUT2D eigenvalue weighted by Crippen LogP contribution is -2.45. The highest BCUT2D eigenvalue weighted by Crippen LogP contribution is 2.25. The van der Waals surface area contributed by atoms with Crippen LogP contribution in [0.2, 0.25) is 0 Å². The van der Waals surface area contributed by atoms with Crippen LogP contribution < -0.4 is 5.32 Å². The van der Waals surface area contributed by atoms with E-state index in [4.69, 9.17) is 5.26 Å². The quantitative estimate of drug-likeness (QED) is 0.712. The molecular formula is C11H20N2O. The Morgan fingerprint density at radius 1 is 1.50 bits per heavy atom. The summed E-state index contributed by atoms with van der Waals surface area (Å²) in [6, 6.07) is 2.76. The second kappa shape index (κ2) is 5.33. The second-order valence-corrected chi connectivity index (χ2v) is 4.47. The van der Waals surface area contributed by atoms with Crippen LogP contribution in [0.3, 0.4) is 0 Å². The molecular weight excluding hydrogens is 176 g/mol. The first kappa shape index (κ1) is 11.5. The largest absolute Gasteiger partial charge is 0.395 e. The highest BCUT2D eigenvalue weighted by molar-refractivity contribution is 4.97. The molecule has 3 heteroatoms. The molecule has 1 aliphatic carbocycles. The first-order valence-corrected chi connectivity index (χ1v) is 5.45. The molecule has 1 saturated carbocycles. The van der Waals surface area contributed by atoms with Crippen LogP contribution in [0, 0.1) is 23.2 Å². The van der Waals surface area contributed by atoms with Crippen LogP contribution in [-0.4, -0.2) is 23.8 Å². The lowest BCUT2D eigenvalue weighted by Gasteiger charge is -2.25. The van der Waals surface area contributed by atoms with Gasteiger partial charge in [-0.3, -0.25) is 0 Å². The summed E-state index contributed by atoms with van der Waals surface area (Å²) >= 11 is 0. The third-order valence-corrected chi connectivity index (χ3v) is 3.11. The van der Waals surface area contributed by atoms with E-state index in [1.807, 2.05) is 0 Å². The topological polar surface area (TPSA) is 56.0 Å². The molecule has 80 valence electrons. The van der Waals surface area contributed by atoms with Gasteiger partial charge in [0.25, 0.3) is 0 Å². The van der Waals surface area contributed by atoms with Gasteiger partial charge in [0.1, 0.15) is 0 Å². The molecule has 2 unspecified atom stereocenters. The number of hydrogen-bond acceptors (Lipinski definition) is 3. The minimum atomic E-state index is 0.133. The van der Waals surface area contributed by atoms with E-state index in [0.29, 0.717) is 12.0 Å². The van der Waals surface area contributed by atoms with Crippen LogP contribution in [0.15, 0.2) is 0 Å². The fourth-order valence-electron chi connectivity index (χ4n) is 2.05. The van der Waals surface area contributed by atoms with Gasteiger partial charge >= 0.3 is 0 Å². The van der Waals surface area contributed by atoms with Gasteiger partial charge in [-0.15, -0.1) is 0 Å². The maximum absolute atomic E-state index is 9.17. The van der Waals surface area contributed by atoms with Gasteiger partial charge in [0.2, 0.25) is 0 Å². The van der Waals surface area contributed by atoms with Gasteiger partial charge in [-0.05, 0) is 18.8 Å². The van der Waals surface area contributed by atoms with Gasteiger partial charge in [-0.25, -0.2) is 0 Å². The number of aliphatic hydroxyl groups excluding tert-OH is 1. The summed E-state index contributed by atoms with van der Waals surface area (Å²) in [5.41, 5.74) is 0. The summed E-state index contributed by atoms with van der Waals surface area (Å²) in [5, 5.41) is 21.5. The van der Waals surface area contributed by atoms with E-state index in [2.05, 4.69) is 25.2 Å². The van der Waals surface area contributed by atoms with Crippen LogP contribution in [0.1, 0.15) is 33.1 Å². The first-order chi connectivity index (χ1) is 6.69. The Morgan fingerprint density at radius 3 is 2.71 bits per heavy atom. The van der Waals surface area contributed by atoms with E-state index in [9.17, 15) is 5.11 Å². The van der Waals surface area contributed by atoms with Gasteiger partial charge in [0.15, 0.2) is 0 Å². The molecule has 1 fully saturated rings. The molecule has 0 amide bonds. The molecule has 3 nitrogen and oxygen atoms in total. The van der Waals surface area contributed by atoms with Gasteiger partial charge in [-0.1, -0.05) is 20.3 Å². The molecule has 1 aliphatic rings. The summed E-state index contributed by atoms with van der Waals surface area (Å²) in [4.78, 5) is 0. The number of nitriles is 1. The maximum atomic E-state index is 9.17. The maximum Gasteiger partial charge on any atom is 0.0672 e. The average Bonchev–Trinajstić information content (AvgIpc) is 2.60. The summed E-state index contributed by atoms with van der Waals surface area (Å²) in [6.45, 7) is 4.33. The van der Waals surface area contributed by atoms with E-state index in [1.165, 1.54) is 0 Å². The molecule has 0 saturated heterocycles. The normalized spacial score (nSPS) is 29.1. The molecule has 0 heterocycles. The highest BCUT2D eigenvalue weighted by Gasteiger charge is 2.29. The number of nitrogens with one attached hydrogen (secondary N) is 1. The zero-order valence-corrected chi connectivity index (χ0v) is 9.03. The van der Waals surface area contributed by atoms with E-state index >= 15 is 0 Å². The van der Waals surface area contributed by atoms with Crippen molar-refractivity contribution in [3.8, 4) is 6.07 Å². The van der Waals surface area contributed by atoms with Crippen LogP contribution in [0.4, 0.5) is 0 Å². The van der Waals surface area contributed by atoms with Gasteiger partial charge in [-0.2, -0.15) is 5.26 Å². The minimum Gasteiger partial charge on any atom is -0.395 e. The van der Waals surface area contributed by atoms with E-state index in [-0.39, 0.29) is 18.6 Å². The van der Waals surface area contributed by atoms with Crippen molar-refractivity contribution >= 4 is 0 Å². The molecule has 0 spiro atoms. The third-order valence-electron chi connectivity index (χ3n) is 3.11. The molecule has 0 radical (unpaired) electrons. The third kappa shape index (κ3) is 2.70. The van der Waals surface area contributed by atoms with Crippen LogP contribution in [0.25, 0.3) is 0 Å². The Balaban J connectivity index is 2.46. The number of nitrogens with zero attached hydrogens (tertiary/aromatic N) is 1. The first-order valence-electron chi connectivity index (χ1n) is 5.45. The van der Waals surface area contributed by atoms with Crippen molar-refractivity contribution in [2.75, 3.05) is 6.61 Å². The predicted octanol–water partition coefficient (Wildman–Crippen LogP) is 1.29. The van der Waals surface area contributed by atoms with Crippen LogP contribution in [-0.2, 0) is 0 Å². The predicted molar refractivity (Wildman–Crippen MR) is 55.6 cm³/mol. The number of aliphatic hydroxyl groups is 1. The molecule has 3 atom stereocenters. The van der Waals surface area contributed by atoms with Crippen molar-refractivity contribution in [2.24, 2.45) is 11.8 Å². The Morgan fingerprint density at radius 2 is 2.21 bits per heavy atom. The molecule has 0 bridgehead atoms. The molecule has 2 N–H and O–H groups in total. The Labute approximate surface area is 86.1 Å². The fourth-order valence-corrected chi connectivity index (χ4v) is 2.05. The van der Waals surface area contributed by atoms with Crippen molar-refractivity contribution in [1.29, 1.82) is 5.26 Å². The Hall–Kier alpha value is -0.590. The van der Waals surface area contributed by atoms with Gasteiger partial charge in [0.05, 0.1) is 18.6 Å². The molecule has 14 heavy (non-hydrogen) atoms. The van der Waals surface area contributed by atoms with Crippen molar-refractivity contribution in [3.63, 3.8) is 0 Å². The average molecular weight is 196 g/mol. The molecule has 0 aromatic carbocycles. The number of rotatable bonds is 4. The molecule has 0 aromatic heterocycles. The van der Waals surface area contributed by atoms with E-state index < -0.39 is 0 Å². The zero-order chi connectivity index (χ0) is 10.6. The standard InChI is InChI=1S/C11H20N2O/c1-8(2)11(7-14)13-10-5-3-4-9(10)6-12/h8-11,13-14H,3-5,7H2,1-2H3/t9?,10?,11-/m1/s1. The van der Waals surface area contributed by atoms with E-state index in [1.54, 1.807) is 0 Å². The minimum absolute atomic E-state index is 0.133. The smallest absolute Gasteiger partial charge is 0.0672 e. The van der Waals surface area contributed by atoms with Gasteiger partial charge in [0, 0.05) is 12.1 Å². The summed E-state index contributed by atoms with van der Waals surface area (Å²) in [7, 11) is 0. The monoisotopic (exact) mass is 196 g/mol. The zero-order valence-electron chi connectivity index (χ0n) is 9.03. The summed E-state index contributed by atoms with van der Waals surface area (Å²) in [5.74, 6) is 0.558. The van der Waals surface area contributed by atoms with Crippen LogP contribution >= 0.6 is 0 Å². The number of hydrogen-bond donors (Lipinski definition) is 2. The highest BCUT2D eigenvalue weighted by atomic mass is 16.3. The van der Waals surface area contributed by atoms with Gasteiger partial charge < -0.3 is 10.4 Å². The SMILES string of the molecule is CC(C)[C@@H](CO)NC1CCCC1C#N. The van der Waals surface area contributed by atoms with Crippen molar-refractivity contribution in [1.82, 2.24) is 5.32 Å². The molecule has 1 rings (SSSR count). The summed E-state index contributed by atoms with van der Waals surface area (Å²) in [6.07, 6.45) is 3.21.